The molecule has 0 aromatic heterocycles. The number of carbonyl (C=O) groups is 3. The van der Waals surface area contributed by atoms with E-state index in [0.717, 1.165) is 0 Å². The number of hydrogen-bond donors (Lipinski definition) is 1. The number of likely N-dealkylation sites (tertiary alicyclic amines) is 1. The summed E-state index contributed by atoms with van der Waals surface area (Å²) in [6.45, 7) is 3.95. The van der Waals surface area contributed by atoms with Crippen molar-refractivity contribution in [1.29, 1.82) is 0 Å². The molecule has 142 valence electrons. The summed E-state index contributed by atoms with van der Waals surface area (Å²) < 4.78 is 23.1. The summed E-state index contributed by atoms with van der Waals surface area (Å²) >= 11 is 0. The average Bonchev–Trinajstić information content (AvgIpc) is 2.91. The Hall–Kier alpha value is -2.48. The molecule has 0 saturated carbocycles. The number of rotatable bonds is 3. The Bertz CT molecular complexity index is 687. The fourth-order valence-electron chi connectivity index (χ4n) is 2.88. The zero-order valence-electron chi connectivity index (χ0n) is 15.0. The molecule has 1 fully saturated rings. The highest BCUT2D eigenvalue weighted by Gasteiger charge is 2.65. The number of carboxylic acid groups (broad SMARTS) is 1. The van der Waals surface area contributed by atoms with E-state index < -0.39 is 53.4 Å². The molecule has 8 heteroatoms. The van der Waals surface area contributed by atoms with Crippen LogP contribution in [-0.4, -0.2) is 52.1 Å². The number of carbonyl (C=O) groups excluding carboxylic acids is 2. The van der Waals surface area contributed by atoms with E-state index in [0.29, 0.717) is 5.56 Å². The van der Waals surface area contributed by atoms with Gasteiger partial charge in [-0.2, -0.15) is 9.59 Å². The van der Waals surface area contributed by atoms with Crippen LogP contribution in [0.25, 0.3) is 0 Å². The highest BCUT2D eigenvalue weighted by Crippen LogP contribution is 2.33. The minimum absolute atomic E-state index is 0.161. The fraction of sp³-hybridized carbons (Fsp3) is 0.500. The number of aliphatic carboxylic acids is 1. The second-order valence-electron chi connectivity index (χ2n) is 7.26. The quantitative estimate of drug-likeness (QED) is 0.824. The maximum atomic E-state index is 14.1. The smallest absolute Gasteiger partial charge is 0.477 e. The number of carboxylic acids is 1. The molecule has 1 aromatic rings. The number of quaternary nitrogens is 1. The van der Waals surface area contributed by atoms with Gasteiger partial charge in [-0.1, -0.05) is 30.3 Å². The lowest BCUT2D eigenvalue weighted by molar-refractivity contribution is -0.792. The summed E-state index contributed by atoms with van der Waals surface area (Å²) in [7, 11) is 0. The molecule has 0 unspecified atom stereocenters. The van der Waals surface area contributed by atoms with Crippen molar-refractivity contribution in [2.75, 3.05) is 6.54 Å². The number of amides is 2. The van der Waals surface area contributed by atoms with Crippen molar-refractivity contribution in [3.05, 3.63) is 35.9 Å². The number of ether oxygens (including phenoxy) is 2. The first-order valence-electron chi connectivity index (χ1n) is 8.25. The molecule has 2 rings (SSSR count). The van der Waals surface area contributed by atoms with Crippen molar-refractivity contribution in [1.82, 2.24) is 0 Å². The summed E-state index contributed by atoms with van der Waals surface area (Å²) in [6.07, 6.45) is -4.35. The Kier molecular flexibility index (Phi) is 5.65. The third-order valence-electron chi connectivity index (χ3n) is 4.03. The maximum Gasteiger partial charge on any atom is 0.528 e. The lowest BCUT2D eigenvalue weighted by Crippen LogP contribution is -2.63. The first-order chi connectivity index (χ1) is 12.1. The number of halogens is 1. The molecular weight excluding hydrogens is 345 g/mol. The van der Waals surface area contributed by atoms with Gasteiger partial charge >= 0.3 is 18.2 Å². The Morgan fingerprint density at radius 1 is 1.19 bits per heavy atom. The summed E-state index contributed by atoms with van der Waals surface area (Å²) in [4.78, 5) is 37.1. The number of nitrogens with zero attached hydrogens (tertiary/aromatic N) is 1. The van der Waals surface area contributed by atoms with Gasteiger partial charge in [0.05, 0.1) is 0 Å². The van der Waals surface area contributed by atoms with Crippen molar-refractivity contribution in [2.24, 2.45) is 0 Å². The van der Waals surface area contributed by atoms with Gasteiger partial charge in [-0.05, 0) is 26.3 Å². The van der Waals surface area contributed by atoms with Crippen LogP contribution in [0.4, 0.5) is 14.0 Å². The van der Waals surface area contributed by atoms with Crippen LogP contribution in [0.1, 0.15) is 32.8 Å². The zero-order chi connectivity index (χ0) is 19.5. The van der Waals surface area contributed by atoms with Crippen LogP contribution >= 0.6 is 0 Å². The molecule has 1 N–H and O–H groups in total. The third kappa shape index (κ3) is 4.19. The van der Waals surface area contributed by atoms with E-state index in [9.17, 15) is 23.9 Å². The van der Waals surface area contributed by atoms with E-state index in [-0.39, 0.29) is 6.61 Å². The van der Waals surface area contributed by atoms with Gasteiger partial charge in [0.15, 0.2) is 6.17 Å². The van der Waals surface area contributed by atoms with Crippen LogP contribution in [-0.2, 0) is 20.9 Å². The maximum absolute atomic E-state index is 14.1. The molecular formula is C18H23FNO6+. The molecule has 0 radical (unpaired) electrons. The molecule has 1 saturated heterocycles. The van der Waals surface area contributed by atoms with Crippen LogP contribution in [0.2, 0.25) is 0 Å². The van der Waals surface area contributed by atoms with Gasteiger partial charge in [0.1, 0.15) is 18.8 Å². The summed E-state index contributed by atoms with van der Waals surface area (Å²) in [6, 6.07) is 7.10. The fourth-order valence-corrected chi connectivity index (χ4v) is 2.88. The predicted octanol–water partition coefficient (Wildman–Crippen LogP) is 3.27. The molecule has 1 aliphatic rings. The molecule has 26 heavy (non-hydrogen) atoms. The predicted molar refractivity (Wildman–Crippen MR) is 88.9 cm³/mol. The van der Waals surface area contributed by atoms with Gasteiger partial charge in [0.2, 0.25) is 6.04 Å². The van der Waals surface area contributed by atoms with Gasteiger partial charge in [-0.3, -0.25) is 0 Å². The monoisotopic (exact) mass is 368 g/mol. The minimum Gasteiger partial charge on any atom is -0.477 e. The third-order valence-corrected chi connectivity index (χ3v) is 4.03. The second-order valence-corrected chi connectivity index (χ2v) is 7.26. The highest BCUT2D eigenvalue weighted by molar-refractivity contribution is 5.84. The summed E-state index contributed by atoms with van der Waals surface area (Å²) in [5, 5.41) is 9.45. The molecule has 1 heterocycles. The van der Waals surface area contributed by atoms with E-state index in [2.05, 4.69) is 0 Å². The van der Waals surface area contributed by atoms with Crippen molar-refractivity contribution >= 4 is 18.2 Å². The Labute approximate surface area is 150 Å². The second kappa shape index (κ2) is 7.41. The minimum atomic E-state index is -1.63. The van der Waals surface area contributed by atoms with Crippen LogP contribution in [0.15, 0.2) is 30.3 Å². The van der Waals surface area contributed by atoms with E-state index in [4.69, 9.17) is 9.47 Å². The average molecular weight is 368 g/mol. The van der Waals surface area contributed by atoms with Crippen LogP contribution in [0.5, 0.6) is 0 Å². The van der Waals surface area contributed by atoms with E-state index >= 15 is 0 Å². The SMILES string of the molecule is CC(C)(C)OC(=O)[N@@+]1(C(=O)OCc2ccccc2)C[C@@H](F)C[C@H]1C(=O)O. The standard InChI is InChI=1S/C18H22FNO6/c1-18(2,3)26-17(24)20(10-13(19)9-14(20)15(21)22)16(23)25-11-12-7-5-4-6-8-12/h4-8,13-14H,9-11H2,1-3H3/p+1/t13-,14-,20-/m0/s1. The number of imide groups is 1. The normalized spacial score (nSPS) is 25.5. The van der Waals surface area contributed by atoms with E-state index in [1.807, 2.05) is 0 Å². The van der Waals surface area contributed by atoms with E-state index in [1.54, 1.807) is 51.1 Å². The lowest BCUT2D eigenvalue weighted by atomic mass is 10.2. The molecule has 1 aliphatic heterocycles. The lowest BCUT2D eigenvalue weighted by Gasteiger charge is -2.32. The van der Waals surface area contributed by atoms with E-state index in [1.165, 1.54) is 0 Å². The number of alkyl halides is 1. The van der Waals surface area contributed by atoms with Crippen molar-refractivity contribution in [3.8, 4) is 0 Å². The molecule has 0 bridgehead atoms. The van der Waals surface area contributed by atoms with Crippen molar-refractivity contribution in [2.45, 2.75) is 51.6 Å². The Morgan fingerprint density at radius 2 is 1.81 bits per heavy atom. The van der Waals surface area contributed by atoms with Crippen molar-refractivity contribution < 1.29 is 37.8 Å². The molecule has 7 nitrogen and oxygen atoms in total. The highest BCUT2D eigenvalue weighted by atomic mass is 19.1. The van der Waals surface area contributed by atoms with Crippen LogP contribution < -0.4 is 0 Å². The van der Waals surface area contributed by atoms with Crippen LogP contribution in [0.3, 0.4) is 0 Å². The van der Waals surface area contributed by atoms with Gasteiger partial charge in [-0.15, -0.1) is 4.48 Å². The largest absolute Gasteiger partial charge is 0.528 e. The molecule has 0 aliphatic carbocycles. The summed E-state index contributed by atoms with van der Waals surface area (Å²) in [5.74, 6) is -1.45. The van der Waals surface area contributed by atoms with Crippen molar-refractivity contribution in [3.63, 3.8) is 0 Å². The molecule has 2 amide bonds. The number of benzene rings is 1. The number of hydrogen-bond acceptors (Lipinski definition) is 5. The zero-order valence-corrected chi connectivity index (χ0v) is 15.0. The molecule has 0 spiro atoms. The summed E-state index contributed by atoms with van der Waals surface area (Å²) in [5.41, 5.74) is -0.314. The molecule has 1 aromatic carbocycles. The van der Waals surface area contributed by atoms with Gasteiger partial charge < -0.3 is 14.6 Å². The Morgan fingerprint density at radius 3 is 2.35 bits per heavy atom. The van der Waals surface area contributed by atoms with Gasteiger partial charge in [0.25, 0.3) is 0 Å². The van der Waals surface area contributed by atoms with Gasteiger partial charge in [0, 0.05) is 6.42 Å². The van der Waals surface area contributed by atoms with Crippen LogP contribution in [0, 0.1) is 0 Å². The van der Waals surface area contributed by atoms with Gasteiger partial charge in [-0.25, -0.2) is 9.18 Å². The first-order valence-corrected chi connectivity index (χ1v) is 8.25. The topological polar surface area (TPSA) is 89.9 Å². The Balaban J connectivity index is 2.32. The molecule has 3 atom stereocenters. The first kappa shape index (κ1) is 19.8.